The molecule has 0 bridgehead atoms. The first-order valence-electron chi connectivity index (χ1n) is 44.0. The molecule has 4 atom stereocenters. The molecule has 140 heavy (non-hydrogen) atoms. The molecule has 0 amide bonds. The number of pyridine rings is 1. The van der Waals surface area contributed by atoms with Crippen LogP contribution in [0.2, 0.25) is 0 Å². The fraction of sp³-hybridized carbons (Fsp3) is 0.302. The number of hydrazone groups is 4. The number of rotatable bonds is 25. The molecule has 0 spiro atoms. The summed E-state index contributed by atoms with van der Waals surface area (Å²) in [6.45, 7) is 22.1. The Hall–Kier alpha value is -14.9. The van der Waals surface area contributed by atoms with E-state index in [0.717, 1.165) is 132 Å². The van der Waals surface area contributed by atoms with Crippen molar-refractivity contribution in [3.05, 3.63) is 279 Å². The quantitative estimate of drug-likeness (QED) is 0.0150. The summed E-state index contributed by atoms with van der Waals surface area (Å²) in [4.78, 5) is 45.4. The van der Waals surface area contributed by atoms with Crippen molar-refractivity contribution in [2.75, 3.05) is 141 Å². The van der Waals surface area contributed by atoms with E-state index in [1.54, 1.807) is 115 Å². The summed E-state index contributed by atoms with van der Waals surface area (Å²) in [5.41, 5.74) is 18.1. The minimum absolute atomic E-state index is 0.0183. The monoisotopic (exact) mass is 1950 g/mol. The van der Waals surface area contributed by atoms with Gasteiger partial charge in [0.1, 0.15) is 5.82 Å². The van der Waals surface area contributed by atoms with E-state index in [4.69, 9.17) is 18.9 Å². The van der Waals surface area contributed by atoms with E-state index < -0.39 is 64.4 Å². The lowest BCUT2D eigenvalue weighted by molar-refractivity contribution is -0.138. The first kappa shape index (κ1) is 102. The molecule has 736 valence electrons. The van der Waals surface area contributed by atoms with Crippen LogP contribution in [0.5, 0.6) is 0 Å². The number of morpholine rings is 4. The fourth-order valence-electron chi connectivity index (χ4n) is 14.6. The highest BCUT2D eigenvalue weighted by molar-refractivity contribution is 5.86. The summed E-state index contributed by atoms with van der Waals surface area (Å²) in [5.74, 6) is 0.670. The molecule has 4 fully saturated rings. The van der Waals surface area contributed by atoms with Crippen molar-refractivity contribution in [1.82, 2.24) is 44.9 Å². The lowest BCUT2D eigenvalue weighted by Crippen LogP contribution is -2.46. The van der Waals surface area contributed by atoms with E-state index >= 15 is 0 Å². The van der Waals surface area contributed by atoms with Crippen molar-refractivity contribution < 1.29 is 84.8 Å². The zero-order chi connectivity index (χ0) is 99.8. The zero-order valence-electron chi connectivity index (χ0n) is 76.7. The van der Waals surface area contributed by atoms with Crippen molar-refractivity contribution in [3.63, 3.8) is 0 Å². The molecule has 0 saturated carbocycles. The molecular weight excluding hydrogens is 1850 g/mol. The molecule has 4 aliphatic rings. The Morgan fingerprint density at radius 2 is 0.743 bits per heavy atom. The van der Waals surface area contributed by atoms with E-state index in [0.29, 0.717) is 123 Å². The van der Waals surface area contributed by atoms with Crippen LogP contribution in [0.25, 0.3) is 0 Å². The van der Waals surface area contributed by atoms with Gasteiger partial charge in [0.25, 0.3) is 0 Å². The number of nitrogens with zero attached hydrogens (tertiary/aromatic N) is 17. The number of hydrogen-bond acceptors (Lipinski definition) is 29. The van der Waals surface area contributed by atoms with Crippen LogP contribution in [-0.2, 0) is 43.7 Å². The molecule has 4 aliphatic heterocycles. The minimum Gasteiger partial charge on any atom is -0.377 e. The first-order chi connectivity index (χ1) is 66.9. The third-order valence-corrected chi connectivity index (χ3v) is 21.7. The highest BCUT2D eigenvalue weighted by atomic mass is 19.4. The predicted molar refractivity (Wildman–Crippen MR) is 509 cm³/mol. The van der Waals surface area contributed by atoms with Gasteiger partial charge in [0.2, 0.25) is 23.8 Å². The van der Waals surface area contributed by atoms with Crippen LogP contribution in [0, 0.1) is 45.1 Å². The fourth-order valence-corrected chi connectivity index (χ4v) is 14.6. The third kappa shape index (κ3) is 29.6. The van der Waals surface area contributed by atoms with Gasteiger partial charge in [0.15, 0.2) is 34.9 Å². The Kier molecular flexibility index (Phi) is 34.4. The summed E-state index contributed by atoms with van der Waals surface area (Å²) in [6.07, 6.45) is -5.69. The third-order valence-electron chi connectivity index (χ3n) is 21.7. The highest BCUT2D eigenvalue weighted by Gasteiger charge is 2.35. The van der Waals surface area contributed by atoms with Crippen LogP contribution in [0.15, 0.2) is 215 Å². The number of aromatic nitrogens is 9. The lowest BCUT2D eigenvalue weighted by Gasteiger charge is -2.36. The number of hydrogen-bond donors (Lipinski definition) is 8. The van der Waals surface area contributed by atoms with Gasteiger partial charge in [0.05, 0.1) is 147 Å². The van der Waals surface area contributed by atoms with Gasteiger partial charge in [-0.25, -0.2) is 54.8 Å². The molecule has 12 aromatic rings. The van der Waals surface area contributed by atoms with Gasteiger partial charge < -0.3 is 59.8 Å². The van der Waals surface area contributed by atoms with E-state index in [1.165, 1.54) is 36.7 Å². The van der Waals surface area contributed by atoms with Gasteiger partial charge in [-0.3, -0.25) is 4.98 Å². The second kappa shape index (κ2) is 47.0. The number of alkyl halides is 12. The molecule has 9 heterocycles. The molecule has 29 nitrogen and oxygen atoms in total. The van der Waals surface area contributed by atoms with Crippen LogP contribution in [0.3, 0.4) is 0 Å². The summed E-state index contributed by atoms with van der Waals surface area (Å²) in [7, 11) is 0. The van der Waals surface area contributed by atoms with Crippen molar-refractivity contribution >= 4 is 117 Å². The standard InChI is InChI=1S/C25H26F4N6O.2C24H24F4N6O.C23H24F3N7O/c1-3-21-15-36-10-9-35(21)23-22(26)14-30-24(33-23)34-31-13-17-7-8-20(11-16(17)2)32-19-6-4-5-18(12-19)25(27,28)29;1-15-10-20(31-19-5-3-4-18(11-19)24(26,27)28)7-6-17(15)12-30-33-23-29-13-21(25)22(32-23)34-8-9-35-14-16(34)2;1-15-10-20(31-19-5-3-4-18(11-19)24(26,27)28)7-6-17(15)12-30-33-23-29-13-21(25)22(32-23)34-8-9-35-16(2)14-34;1-15-10-21(33-8-9-34-16(2)14-33)31-22(29-15)32-28-13-19-6-7-20(12-27-19)30-18-5-3-4-17(11-18)23(24,25)26/h4-8,11-14,21,32H,3,9-10,15H2,1-2H3,(H,30,33,34);2*3-7,10-13,16,31H,8-9,14H2,1-2H3,(H,29,32,33);3-7,10-13,16,30H,8-9,14H2,1-2H3,(H,29,31,32)/b31-13+;2*30-12+;28-13+. The van der Waals surface area contributed by atoms with Crippen LogP contribution in [-0.4, -0.2) is 173 Å². The topological polar surface area (TPSA) is 312 Å². The molecule has 44 heteroatoms. The second-order valence-electron chi connectivity index (χ2n) is 32.5. The summed E-state index contributed by atoms with van der Waals surface area (Å²) < 4.78 is 220. The summed E-state index contributed by atoms with van der Waals surface area (Å²) in [6, 6.07) is 41.3. The number of ether oxygens (including phenoxy) is 4. The minimum atomic E-state index is -4.41. The van der Waals surface area contributed by atoms with E-state index in [-0.39, 0.29) is 59.6 Å². The SMILES string of the molecule is CCC1COCCN1c1nc(N/N=C/c2ccc(Nc3cccc(C(F)(F)F)c3)cc2C)ncc1F.Cc1cc(N2CCOC(C)C2)nc(N/N=C/c2ccc(Nc3cccc(C(F)(F)F)c3)cn2)n1.Cc1cc(Nc2cccc(C(F)(F)F)c2)ccc1/C=N/Nc1ncc(F)c(N2CCOC(C)C2)n1.Cc1cc(Nc2cccc(C(F)(F)F)c2)ccc1/C=N/Nc1ncc(F)c(N2CCOCC2C)n1. The average molecular weight is 1950 g/mol. The average Bonchev–Trinajstić information content (AvgIpc) is 0.829. The van der Waals surface area contributed by atoms with Gasteiger partial charge >= 0.3 is 24.7 Å². The number of aryl methyl sites for hydroxylation is 4. The predicted octanol–water partition coefficient (Wildman–Crippen LogP) is 21.1. The maximum absolute atomic E-state index is 14.4. The summed E-state index contributed by atoms with van der Waals surface area (Å²) >= 11 is 0. The van der Waals surface area contributed by atoms with Gasteiger partial charge in [-0.05, 0) is 210 Å². The van der Waals surface area contributed by atoms with Gasteiger partial charge in [-0.1, -0.05) is 49.4 Å². The number of nitrogens with one attached hydrogen (secondary N) is 8. The zero-order valence-corrected chi connectivity index (χ0v) is 76.7. The Bertz CT molecular complexity index is 6320. The normalized spacial score (nSPS) is 16.5. The van der Waals surface area contributed by atoms with Crippen LogP contribution in [0.4, 0.5) is 158 Å². The number of benzene rings is 7. The molecule has 7 aromatic carbocycles. The van der Waals surface area contributed by atoms with E-state index in [1.807, 2.05) is 71.3 Å². The first-order valence-corrected chi connectivity index (χ1v) is 44.0. The molecular formula is C96H98F15N25O4. The summed E-state index contributed by atoms with van der Waals surface area (Å²) in [5, 5.41) is 28.5. The largest absolute Gasteiger partial charge is 0.416 e. The second-order valence-corrected chi connectivity index (χ2v) is 32.5. The van der Waals surface area contributed by atoms with Gasteiger partial charge in [-0.2, -0.15) is 93.0 Å². The number of halogens is 15. The molecule has 8 N–H and O–H groups in total. The Morgan fingerprint density at radius 3 is 1.15 bits per heavy atom. The van der Waals surface area contributed by atoms with Crippen molar-refractivity contribution in [2.45, 2.75) is 111 Å². The Labute approximate surface area is 795 Å². The molecule has 0 radical (unpaired) electrons. The Morgan fingerprint density at radius 1 is 0.371 bits per heavy atom. The van der Waals surface area contributed by atoms with Crippen molar-refractivity contribution in [2.24, 2.45) is 20.4 Å². The van der Waals surface area contributed by atoms with Gasteiger partial charge in [0, 0.05) is 90.8 Å². The number of anilines is 16. The van der Waals surface area contributed by atoms with E-state index in [2.05, 4.69) is 113 Å². The maximum Gasteiger partial charge on any atom is 0.416 e. The van der Waals surface area contributed by atoms with Crippen LogP contribution >= 0.6 is 0 Å². The molecule has 4 unspecified atom stereocenters. The lowest BCUT2D eigenvalue weighted by atomic mass is 10.1. The Balaban J connectivity index is 0.000000157. The highest BCUT2D eigenvalue weighted by Crippen LogP contribution is 2.38. The molecule has 0 aliphatic carbocycles. The smallest absolute Gasteiger partial charge is 0.377 e. The maximum atomic E-state index is 14.4. The van der Waals surface area contributed by atoms with Crippen molar-refractivity contribution in [1.29, 1.82) is 0 Å². The molecule has 16 rings (SSSR count). The van der Waals surface area contributed by atoms with Crippen LogP contribution < -0.4 is 62.6 Å². The molecule has 4 saturated heterocycles. The van der Waals surface area contributed by atoms with Crippen LogP contribution in [0.1, 0.15) is 101 Å². The molecule has 5 aromatic heterocycles. The van der Waals surface area contributed by atoms with Crippen molar-refractivity contribution in [3.8, 4) is 0 Å². The van der Waals surface area contributed by atoms with Gasteiger partial charge in [-0.15, -0.1) is 0 Å². The van der Waals surface area contributed by atoms with E-state index in [9.17, 15) is 65.9 Å².